The van der Waals surface area contributed by atoms with E-state index in [0.717, 1.165) is 11.1 Å². The lowest BCUT2D eigenvalue weighted by atomic mass is 10.0. The molecule has 0 aliphatic rings. The second-order valence-corrected chi connectivity index (χ2v) is 7.52. The number of carboxylic acid groups (broad SMARTS) is 1. The van der Waals surface area contributed by atoms with E-state index in [-0.39, 0.29) is 30.4 Å². The Hall–Kier alpha value is -2.65. The summed E-state index contributed by atoms with van der Waals surface area (Å²) >= 11 is 2.77. The summed E-state index contributed by atoms with van der Waals surface area (Å²) in [6, 6.07) is 3.54. The van der Waals surface area contributed by atoms with E-state index in [2.05, 4.69) is 15.2 Å². The van der Waals surface area contributed by atoms with Crippen LogP contribution in [-0.4, -0.2) is 26.3 Å². The number of rotatable bonds is 5. The summed E-state index contributed by atoms with van der Waals surface area (Å²) in [5.74, 6) is -1.03. The second-order valence-electron chi connectivity index (χ2n) is 5.69. The van der Waals surface area contributed by atoms with Crippen molar-refractivity contribution in [1.82, 2.24) is 15.2 Å². The van der Waals surface area contributed by atoms with Gasteiger partial charge in [0.05, 0.1) is 16.6 Å². The number of hydrogen-bond acceptors (Lipinski definition) is 7. The molecule has 0 aliphatic carbocycles. The molecule has 0 saturated carbocycles. The lowest BCUT2D eigenvalue weighted by Gasteiger charge is -2.02. The largest absolute Gasteiger partial charge is 0.481 e. The lowest BCUT2D eigenvalue weighted by molar-refractivity contribution is -0.136. The minimum atomic E-state index is -1.04. The fourth-order valence-electron chi connectivity index (χ4n) is 2.62. The number of thiazole rings is 1. The van der Waals surface area contributed by atoms with E-state index in [0.29, 0.717) is 20.8 Å². The highest BCUT2D eigenvalue weighted by molar-refractivity contribution is 7.18. The van der Waals surface area contributed by atoms with Gasteiger partial charge in [-0.25, -0.2) is 9.37 Å². The van der Waals surface area contributed by atoms with E-state index in [1.54, 1.807) is 23.5 Å². The standard InChI is InChI=1S/C17H12FN3O3S2/c1-8-6-25-7-10(8)9-2-3-11-17(16(9)18)26-14(19-11)4-12-20-21-13(24-12)5-15(22)23/h2-3,6-7H,4-5H2,1H3,(H,22,23). The van der Waals surface area contributed by atoms with Crippen molar-refractivity contribution in [3.05, 3.63) is 51.1 Å². The average Bonchev–Trinajstić information content (AvgIpc) is 3.29. The van der Waals surface area contributed by atoms with Gasteiger partial charge in [-0.2, -0.15) is 11.3 Å². The number of carbonyl (C=O) groups is 1. The summed E-state index contributed by atoms with van der Waals surface area (Å²) in [6.07, 6.45) is -0.0942. The van der Waals surface area contributed by atoms with Crippen molar-refractivity contribution in [2.45, 2.75) is 19.8 Å². The first-order valence-electron chi connectivity index (χ1n) is 7.65. The summed E-state index contributed by atoms with van der Waals surface area (Å²) in [5, 5.41) is 20.8. The lowest BCUT2D eigenvalue weighted by Crippen LogP contribution is -1.99. The van der Waals surface area contributed by atoms with Crippen molar-refractivity contribution >= 4 is 38.9 Å². The van der Waals surface area contributed by atoms with Crippen LogP contribution in [0.15, 0.2) is 27.3 Å². The van der Waals surface area contributed by atoms with Crippen LogP contribution in [0, 0.1) is 12.7 Å². The Morgan fingerprint density at radius 3 is 2.77 bits per heavy atom. The Balaban J connectivity index is 1.65. The quantitative estimate of drug-likeness (QED) is 0.553. The Bertz CT molecular complexity index is 1120. The molecule has 9 heteroatoms. The van der Waals surface area contributed by atoms with Crippen molar-refractivity contribution in [3.8, 4) is 11.1 Å². The van der Waals surface area contributed by atoms with Crippen LogP contribution in [0.1, 0.15) is 22.4 Å². The topological polar surface area (TPSA) is 89.1 Å². The molecule has 6 nitrogen and oxygen atoms in total. The van der Waals surface area contributed by atoms with Crippen LogP contribution in [0.4, 0.5) is 4.39 Å². The van der Waals surface area contributed by atoms with Crippen LogP contribution in [0.2, 0.25) is 0 Å². The van der Waals surface area contributed by atoms with Crippen LogP contribution >= 0.6 is 22.7 Å². The third-order valence-electron chi connectivity index (χ3n) is 3.80. The molecule has 132 valence electrons. The maximum Gasteiger partial charge on any atom is 0.312 e. The maximum absolute atomic E-state index is 15.0. The van der Waals surface area contributed by atoms with Gasteiger partial charge in [-0.3, -0.25) is 4.79 Å². The fourth-order valence-corrected chi connectivity index (χ4v) is 4.46. The van der Waals surface area contributed by atoms with E-state index in [9.17, 15) is 9.18 Å². The molecule has 0 aliphatic heterocycles. The van der Waals surface area contributed by atoms with Crippen molar-refractivity contribution in [2.75, 3.05) is 0 Å². The molecule has 1 N–H and O–H groups in total. The average molecular weight is 389 g/mol. The van der Waals surface area contributed by atoms with Crippen molar-refractivity contribution in [1.29, 1.82) is 0 Å². The van der Waals surface area contributed by atoms with E-state index >= 15 is 0 Å². The van der Waals surface area contributed by atoms with Crippen LogP contribution in [0.5, 0.6) is 0 Å². The first-order chi connectivity index (χ1) is 12.5. The molecular weight excluding hydrogens is 377 g/mol. The molecule has 0 spiro atoms. The summed E-state index contributed by atoms with van der Waals surface area (Å²) in [4.78, 5) is 15.1. The number of halogens is 1. The highest BCUT2D eigenvalue weighted by Crippen LogP contribution is 2.35. The predicted molar refractivity (Wildman–Crippen MR) is 96.1 cm³/mol. The smallest absolute Gasteiger partial charge is 0.312 e. The van der Waals surface area contributed by atoms with Gasteiger partial charge in [0.15, 0.2) is 0 Å². The molecule has 26 heavy (non-hydrogen) atoms. The van der Waals surface area contributed by atoms with Crippen LogP contribution in [0.25, 0.3) is 21.3 Å². The summed E-state index contributed by atoms with van der Waals surface area (Å²) in [6.45, 7) is 1.96. The van der Waals surface area contributed by atoms with Gasteiger partial charge in [-0.1, -0.05) is 0 Å². The Labute approximate surface area is 155 Å². The second kappa shape index (κ2) is 6.58. The molecule has 3 aromatic heterocycles. The van der Waals surface area contributed by atoms with Crippen LogP contribution in [-0.2, 0) is 17.6 Å². The third-order valence-corrected chi connectivity index (χ3v) is 5.73. The highest BCUT2D eigenvalue weighted by atomic mass is 32.1. The number of hydrogen-bond donors (Lipinski definition) is 1. The Morgan fingerprint density at radius 2 is 2.04 bits per heavy atom. The molecule has 0 unspecified atom stereocenters. The summed E-state index contributed by atoms with van der Waals surface area (Å²) in [5.41, 5.74) is 3.06. The number of thiophene rings is 1. The molecule has 0 bridgehead atoms. The van der Waals surface area contributed by atoms with Gasteiger partial charge in [0.2, 0.25) is 11.8 Å². The van der Waals surface area contributed by atoms with Crippen molar-refractivity contribution in [2.24, 2.45) is 0 Å². The minimum Gasteiger partial charge on any atom is -0.481 e. The van der Waals surface area contributed by atoms with Gasteiger partial charge in [0.25, 0.3) is 0 Å². The molecule has 4 aromatic rings. The molecule has 4 rings (SSSR count). The maximum atomic E-state index is 15.0. The molecule has 0 saturated heterocycles. The number of aryl methyl sites for hydroxylation is 1. The Morgan fingerprint density at radius 1 is 1.23 bits per heavy atom. The number of fused-ring (bicyclic) bond motifs is 1. The summed E-state index contributed by atoms with van der Waals surface area (Å²) in [7, 11) is 0. The van der Waals surface area contributed by atoms with E-state index < -0.39 is 5.97 Å². The van der Waals surface area contributed by atoms with E-state index in [4.69, 9.17) is 9.52 Å². The molecule has 1 aromatic carbocycles. The van der Waals surface area contributed by atoms with Gasteiger partial charge in [-0.05, 0) is 40.9 Å². The van der Waals surface area contributed by atoms with Crippen LogP contribution < -0.4 is 0 Å². The first kappa shape index (κ1) is 16.8. The number of benzene rings is 1. The van der Waals surface area contributed by atoms with Crippen molar-refractivity contribution < 1.29 is 18.7 Å². The minimum absolute atomic E-state index is 0.0370. The van der Waals surface area contributed by atoms with Gasteiger partial charge < -0.3 is 9.52 Å². The molecule has 0 fully saturated rings. The predicted octanol–water partition coefficient (Wildman–Crippen LogP) is 4.07. The van der Waals surface area contributed by atoms with Crippen molar-refractivity contribution in [3.63, 3.8) is 0 Å². The zero-order valence-corrected chi connectivity index (χ0v) is 15.2. The highest BCUT2D eigenvalue weighted by Gasteiger charge is 2.17. The number of carboxylic acids is 1. The fraction of sp³-hybridized carbons (Fsp3) is 0.176. The monoisotopic (exact) mass is 389 g/mol. The zero-order valence-electron chi connectivity index (χ0n) is 13.5. The molecule has 3 heterocycles. The third kappa shape index (κ3) is 3.11. The zero-order chi connectivity index (χ0) is 18.3. The Kier molecular flexibility index (Phi) is 4.25. The number of aromatic nitrogens is 3. The SMILES string of the molecule is Cc1cscc1-c1ccc2nc(Cc3nnc(CC(=O)O)o3)sc2c1F. The van der Waals surface area contributed by atoms with E-state index in [1.165, 1.54) is 11.3 Å². The van der Waals surface area contributed by atoms with E-state index in [1.807, 2.05) is 17.7 Å². The van der Waals surface area contributed by atoms with Gasteiger partial charge in [0.1, 0.15) is 17.2 Å². The normalized spacial score (nSPS) is 11.3. The first-order valence-corrected chi connectivity index (χ1v) is 9.41. The number of nitrogens with zero attached hydrogens (tertiary/aromatic N) is 3. The molecule has 0 atom stereocenters. The molecule has 0 amide bonds. The molecular formula is C17H12FN3O3S2. The van der Waals surface area contributed by atoms with Crippen LogP contribution in [0.3, 0.4) is 0 Å². The van der Waals surface area contributed by atoms with Gasteiger partial charge in [0, 0.05) is 5.56 Å². The summed E-state index contributed by atoms with van der Waals surface area (Å²) < 4.78 is 20.7. The molecule has 0 radical (unpaired) electrons. The van der Waals surface area contributed by atoms with Gasteiger partial charge in [-0.15, -0.1) is 21.5 Å². The number of aliphatic carboxylic acids is 1. The van der Waals surface area contributed by atoms with Gasteiger partial charge >= 0.3 is 5.97 Å².